The fourth-order valence-electron chi connectivity index (χ4n) is 1.38. The van der Waals surface area contributed by atoms with Crippen LogP contribution in [0.5, 0.6) is 0 Å². The van der Waals surface area contributed by atoms with Gasteiger partial charge >= 0.3 is 0 Å². The molecule has 1 fully saturated rings. The largest absolute Gasteiger partial charge is 0.498 e. The van der Waals surface area contributed by atoms with Crippen molar-refractivity contribution in [2.24, 2.45) is 5.92 Å². The SMILES string of the molecule is O=C1C=C(OCC2CC2)CCC1. The summed E-state index contributed by atoms with van der Waals surface area (Å²) in [6.07, 6.45) is 6.92. The summed E-state index contributed by atoms with van der Waals surface area (Å²) in [4.78, 5) is 11.0. The maximum atomic E-state index is 11.0. The molecule has 2 aliphatic carbocycles. The Bertz CT molecular complexity index is 214. The van der Waals surface area contributed by atoms with Crippen molar-refractivity contribution in [3.63, 3.8) is 0 Å². The van der Waals surface area contributed by atoms with Gasteiger partial charge in [-0.1, -0.05) is 0 Å². The van der Waals surface area contributed by atoms with Crippen molar-refractivity contribution in [1.29, 1.82) is 0 Å². The predicted molar refractivity (Wildman–Crippen MR) is 45.6 cm³/mol. The van der Waals surface area contributed by atoms with Gasteiger partial charge in [-0.25, -0.2) is 0 Å². The van der Waals surface area contributed by atoms with Crippen LogP contribution in [0, 0.1) is 5.92 Å². The van der Waals surface area contributed by atoms with E-state index >= 15 is 0 Å². The van der Waals surface area contributed by atoms with Crippen LogP contribution in [0.3, 0.4) is 0 Å². The van der Waals surface area contributed by atoms with Crippen molar-refractivity contribution in [1.82, 2.24) is 0 Å². The first-order chi connectivity index (χ1) is 5.84. The van der Waals surface area contributed by atoms with Gasteiger partial charge in [0.15, 0.2) is 5.78 Å². The smallest absolute Gasteiger partial charge is 0.159 e. The molecule has 0 aliphatic heterocycles. The van der Waals surface area contributed by atoms with Gasteiger partial charge in [-0.3, -0.25) is 4.79 Å². The molecule has 0 aromatic rings. The van der Waals surface area contributed by atoms with Crippen molar-refractivity contribution < 1.29 is 9.53 Å². The van der Waals surface area contributed by atoms with Crippen LogP contribution in [0.15, 0.2) is 11.8 Å². The topological polar surface area (TPSA) is 26.3 Å². The number of carbonyl (C=O) groups excluding carboxylic acids is 1. The average molecular weight is 166 g/mol. The molecular weight excluding hydrogens is 152 g/mol. The Morgan fingerprint density at radius 1 is 1.42 bits per heavy atom. The number of hydrogen-bond donors (Lipinski definition) is 0. The van der Waals surface area contributed by atoms with Crippen molar-refractivity contribution in [2.75, 3.05) is 6.61 Å². The highest BCUT2D eigenvalue weighted by atomic mass is 16.5. The van der Waals surface area contributed by atoms with Crippen LogP contribution in [-0.2, 0) is 9.53 Å². The van der Waals surface area contributed by atoms with E-state index in [4.69, 9.17) is 4.74 Å². The number of allylic oxidation sites excluding steroid dienone is 2. The Morgan fingerprint density at radius 2 is 2.25 bits per heavy atom. The second-order valence-electron chi connectivity index (χ2n) is 3.68. The molecule has 12 heavy (non-hydrogen) atoms. The number of hydrogen-bond acceptors (Lipinski definition) is 2. The van der Waals surface area contributed by atoms with Crippen molar-refractivity contribution in [3.05, 3.63) is 11.8 Å². The monoisotopic (exact) mass is 166 g/mol. The molecule has 66 valence electrons. The maximum absolute atomic E-state index is 11.0. The van der Waals surface area contributed by atoms with Gasteiger partial charge in [0.2, 0.25) is 0 Å². The first-order valence-electron chi connectivity index (χ1n) is 4.71. The molecular formula is C10H14O2. The first-order valence-corrected chi connectivity index (χ1v) is 4.71. The summed E-state index contributed by atoms with van der Waals surface area (Å²) in [5.41, 5.74) is 0. The Balaban J connectivity index is 1.80. The van der Waals surface area contributed by atoms with E-state index < -0.39 is 0 Å². The minimum absolute atomic E-state index is 0.229. The zero-order chi connectivity index (χ0) is 8.39. The summed E-state index contributed by atoms with van der Waals surface area (Å²) in [5.74, 6) is 1.92. The van der Waals surface area contributed by atoms with Gasteiger partial charge in [-0.05, 0) is 25.2 Å². The lowest BCUT2D eigenvalue weighted by Crippen LogP contribution is -2.06. The highest BCUT2D eigenvalue weighted by Crippen LogP contribution is 2.30. The van der Waals surface area contributed by atoms with Gasteiger partial charge in [-0.15, -0.1) is 0 Å². The lowest BCUT2D eigenvalue weighted by atomic mass is 10.1. The molecule has 2 rings (SSSR count). The normalized spacial score (nSPS) is 23.7. The van der Waals surface area contributed by atoms with Crippen LogP contribution >= 0.6 is 0 Å². The second kappa shape index (κ2) is 3.30. The summed E-state index contributed by atoms with van der Waals surface area (Å²) in [7, 11) is 0. The molecule has 0 aromatic carbocycles. The molecule has 2 aliphatic rings. The molecule has 0 amide bonds. The van der Waals surface area contributed by atoms with Crippen LogP contribution in [0.4, 0.5) is 0 Å². The number of rotatable bonds is 3. The Hall–Kier alpha value is -0.790. The zero-order valence-corrected chi connectivity index (χ0v) is 7.21. The van der Waals surface area contributed by atoms with Gasteiger partial charge in [-0.2, -0.15) is 0 Å². The van der Waals surface area contributed by atoms with Crippen LogP contribution in [0.1, 0.15) is 32.1 Å². The molecule has 0 radical (unpaired) electrons. The fraction of sp³-hybridized carbons (Fsp3) is 0.700. The van der Waals surface area contributed by atoms with Crippen LogP contribution in [0.25, 0.3) is 0 Å². The van der Waals surface area contributed by atoms with Gasteiger partial charge in [0, 0.05) is 18.9 Å². The average Bonchev–Trinajstić information content (AvgIpc) is 2.84. The summed E-state index contributed by atoms with van der Waals surface area (Å²) in [6, 6.07) is 0. The third-order valence-electron chi connectivity index (χ3n) is 2.37. The second-order valence-corrected chi connectivity index (χ2v) is 3.68. The molecule has 0 unspecified atom stereocenters. The first kappa shape index (κ1) is 7.84. The van der Waals surface area contributed by atoms with Gasteiger partial charge in [0.05, 0.1) is 12.4 Å². The van der Waals surface area contributed by atoms with Crippen molar-refractivity contribution in [2.45, 2.75) is 32.1 Å². The number of ketones is 1. The lowest BCUT2D eigenvalue weighted by Gasteiger charge is -2.12. The Morgan fingerprint density at radius 3 is 2.92 bits per heavy atom. The molecule has 0 N–H and O–H groups in total. The summed E-state index contributed by atoms with van der Waals surface area (Å²) in [5, 5.41) is 0. The van der Waals surface area contributed by atoms with Crippen molar-refractivity contribution >= 4 is 5.78 Å². The van der Waals surface area contributed by atoms with Crippen LogP contribution in [-0.4, -0.2) is 12.4 Å². The molecule has 2 heteroatoms. The molecule has 0 heterocycles. The maximum Gasteiger partial charge on any atom is 0.159 e. The predicted octanol–water partition coefficient (Wildman–Crippen LogP) is 2.05. The lowest BCUT2D eigenvalue weighted by molar-refractivity contribution is -0.115. The Kier molecular flexibility index (Phi) is 2.15. The van der Waals surface area contributed by atoms with E-state index in [-0.39, 0.29) is 5.78 Å². The Labute approximate surface area is 72.6 Å². The highest BCUT2D eigenvalue weighted by molar-refractivity contribution is 5.90. The van der Waals surface area contributed by atoms with Crippen LogP contribution < -0.4 is 0 Å². The molecule has 1 saturated carbocycles. The quantitative estimate of drug-likeness (QED) is 0.641. The van der Waals surface area contributed by atoms with E-state index in [1.165, 1.54) is 12.8 Å². The van der Waals surface area contributed by atoms with E-state index in [1.54, 1.807) is 6.08 Å². The van der Waals surface area contributed by atoms with E-state index in [2.05, 4.69) is 0 Å². The van der Waals surface area contributed by atoms with Crippen LogP contribution in [0.2, 0.25) is 0 Å². The molecule has 0 bridgehead atoms. The van der Waals surface area contributed by atoms with Crippen molar-refractivity contribution in [3.8, 4) is 0 Å². The molecule has 0 saturated heterocycles. The standard InChI is InChI=1S/C10H14O2/c11-9-2-1-3-10(6-9)12-7-8-4-5-8/h6,8H,1-5,7H2. The summed E-state index contributed by atoms with van der Waals surface area (Å²) >= 11 is 0. The minimum atomic E-state index is 0.229. The van der Waals surface area contributed by atoms with E-state index in [9.17, 15) is 4.79 Å². The summed E-state index contributed by atoms with van der Waals surface area (Å²) in [6.45, 7) is 0.832. The molecule has 2 nitrogen and oxygen atoms in total. The van der Waals surface area contributed by atoms with E-state index in [0.29, 0.717) is 6.42 Å². The van der Waals surface area contributed by atoms with Gasteiger partial charge in [0.25, 0.3) is 0 Å². The third-order valence-corrected chi connectivity index (χ3v) is 2.37. The molecule has 0 spiro atoms. The molecule has 0 aromatic heterocycles. The van der Waals surface area contributed by atoms with E-state index in [0.717, 1.165) is 31.1 Å². The summed E-state index contributed by atoms with van der Waals surface area (Å²) < 4.78 is 5.52. The highest BCUT2D eigenvalue weighted by Gasteiger charge is 2.22. The van der Waals surface area contributed by atoms with Gasteiger partial charge in [0.1, 0.15) is 0 Å². The number of ether oxygens (including phenoxy) is 1. The zero-order valence-electron chi connectivity index (χ0n) is 7.21. The minimum Gasteiger partial charge on any atom is -0.498 e. The number of carbonyl (C=O) groups is 1. The third kappa shape index (κ3) is 2.10. The van der Waals surface area contributed by atoms with Gasteiger partial charge < -0.3 is 4.74 Å². The van der Waals surface area contributed by atoms with E-state index in [1.807, 2.05) is 0 Å². The molecule has 0 atom stereocenters. The fourth-order valence-corrected chi connectivity index (χ4v) is 1.38.